The molecule has 1 atom stereocenters. The average molecular weight is 450 g/mol. The smallest absolute Gasteiger partial charge is 0.261 e. The van der Waals surface area contributed by atoms with Crippen LogP contribution in [0.15, 0.2) is 47.3 Å². The molecule has 0 aliphatic carbocycles. The minimum atomic E-state index is -0.0768. The number of hydrogen-bond donors (Lipinski definition) is 0. The van der Waals surface area contributed by atoms with E-state index in [-0.39, 0.29) is 10.7 Å². The van der Waals surface area contributed by atoms with Crippen LogP contribution in [0.25, 0.3) is 11.0 Å². The summed E-state index contributed by atoms with van der Waals surface area (Å²) in [5.41, 5.74) is 3.31. The molecule has 0 bridgehead atoms. The Morgan fingerprint density at radius 3 is 2.41 bits per heavy atom. The summed E-state index contributed by atoms with van der Waals surface area (Å²) >= 11 is 1.10. The van der Waals surface area contributed by atoms with Gasteiger partial charge in [-0.05, 0) is 47.2 Å². The lowest BCUT2D eigenvalue weighted by Crippen LogP contribution is -2.24. The van der Waals surface area contributed by atoms with E-state index < -0.39 is 0 Å². The molecule has 2 heterocycles. The number of nitrogens with zero attached hydrogens (tertiary/aromatic N) is 3. The Kier molecular flexibility index (Phi) is 6.28. The summed E-state index contributed by atoms with van der Waals surface area (Å²) in [6.45, 7) is 6.53. The Bertz CT molecular complexity index is 1340. The third kappa shape index (κ3) is 4.39. The summed E-state index contributed by atoms with van der Waals surface area (Å²) in [5, 5.41) is 5.16. The standard InChI is InChI=1S/C25H27N3O3S/c1-15(2)12-17-6-9-19(10-7-17)16(3)23-26-25-28(27-23)20(24(29)32-25)13-18-8-11-21(30-4)22(14-18)31-5/h6-11,13-16H,12H2,1-5H3/b20-13+. The van der Waals surface area contributed by atoms with Crippen LogP contribution in [0.4, 0.5) is 0 Å². The fraction of sp³-hybridized carbons (Fsp3) is 0.320. The van der Waals surface area contributed by atoms with E-state index in [9.17, 15) is 4.79 Å². The first kappa shape index (κ1) is 22.0. The number of ether oxygens (including phenoxy) is 2. The number of fused-ring (bicyclic) bond motifs is 1. The van der Waals surface area contributed by atoms with Crippen molar-refractivity contribution in [3.8, 4) is 11.5 Å². The molecule has 32 heavy (non-hydrogen) atoms. The van der Waals surface area contributed by atoms with E-state index in [1.807, 2.05) is 18.2 Å². The fourth-order valence-corrected chi connectivity index (χ4v) is 4.51. The first-order valence-electron chi connectivity index (χ1n) is 10.6. The molecule has 7 heteroatoms. The van der Waals surface area contributed by atoms with E-state index in [1.165, 1.54) is 5.56 Å². The molecule has 0 aliphatic heterocycles. The Balaban J connectivity index is 1.69. The first-order chi connectivity index (χ1) is 15.4. The summed E-state index contributed by atoms with van der Waals surface area (Å²) < 4.78 is 12.2. The predicted octanol–water partition coefficient (Wildman–Crippen LogP) is 4.07. The molecule has 0 spiro atoms. The van der Waals surface area contributed by atoms with Crippen molar-refractivity contribution >= 4 is 22.4 Å². The van der Waals surface area contributed by atoms with Crippen molar-refractivity contribution in [1.29, 1.82) is 0 Å². The zero-order valence-corrected chi connectivity index (χ0v) is 19.8. The molecule has 2 aromatic carbocycles. The van der Waals surface area contributed by atoms with Crippen LogP contribution in [-0.4, -0.2) is 28.8 Å². The Morgan fingerprint density at radius 1 is 1.03 bits per heavy atom. The maximum atomic E-state index is 12.6. The molecule has 4 rings (SSSR count). The van der Waals surface area contributed by atoms with E-state index in [1.54, 1.807) is 24.8 Å². The molecular formula is C25H27N3O3S. The molecule has 0 saturated heterocycles. The molecule has 0 amide bonds. The molecule has 0 radical (unpaired) electrons. The van der Waals surface area contributed by atoms with Gasteiger partial charge in [-0.2, -0.15) is 4.52 Å². The molecule has 0 saturated carbocycles. The molecule has 4 aromatic rings. The van der Waals surface area contributed by atoms with Crippen LogP contribution in [0.5, 0.6) is 11.5 Å². The third-order valence-corrected chi connectivity index (χ3v) is 6.28. The third-order valence-electron chi connectivity index (χ3n) is 5.44. The number of hydrogen-bond acceptors (Lipinski definition) is 6. The second kappa shape index (κ2) is 9.12. The van der Waals surface area contributed by atoms with Gasteiger partial charge in [-0.1, -0.05) is 62.4 Å². The van der Waals surface area contributed by atoms with Crippen LogP contribution in [0.1, 0.15) is 49.2 Å². The Morgan fingerprint density at radius 2 is 1.75 bits per heavy atom. The highest BCUT2D eigenvalue weighted by Crippen LogP contribution is 2.28. The van der Waals surface area contributed by atoms with Gasteiger partial charge in [-0.25, -0.2) is 4.98 Å². The van der Waals surface area contributed by atoms with Crippen molar-refractivity contribution in [3.05, 3.63) is 79.9 Å². The zero-order chi connectivity index (χ0) is 22.8. The van der Waals surface area contributed by atoms with E-state index in [0.29, 0.717) is 33.6 Å². The summed E-state index contributed by atoms with van der Waals surface area (Å²) in [6, 6.07) is 14.2. The highest BCUT2D eigenvalue weighted by Gasteiger charge is 2.17. The van der Waals surface area contributed by atoms with Gasteiger partial charge in [-0.15, -0.1) is 5.10 Å². The maximum Gasteiger partial charge on any atom is 0.261 e. The van der Waals surface area contributed by atoms with Crippen molar-refractivity contribution in [2.75, 3.05) is 14.2 Å². The maximum absolute atomic E-state index is 12.6. The minimum absolute atomic E-state index is 0.0271. The topological polar surface area (TPSA) is 65.7 Å². The van der Waals surface area contributed by atoms with E-state index in [0.717, 1.165) is 28.9 Å². The SMILES string of the molecule is COc1ccc(/C=c2\c(=O)sc3nc(C(C)c4ccc(CC(C)C)cc4)nn23)cc1OC. The van der Waals surface area contributed by atoms with Gasteiger partial charge in [-0.3, -0.25) is 4.79 Å². The lowest BCUT2D eigenvalue weighted by Gasteiger charge is -2.10. The van der Waals surface area contributed by atoms with E-state index in [4.69, 9.17) is 9.47 Å². The van der Waals surface area contributed by atoms with E-state index in [2.05, 4.69) is 55.1 Å². The highest BCUT2D eigenvalue weighted by molar-refractivity contribution is 7.14. The lowest BCUT2D eigenvalue weighted by molar-refractivity contribution is 0.355. The van der Waals surface area contributed by atoms with Crippen molar-refractivity contribution in [2.24, 2.45) is 5.92 Å². The van der Waals surface area contributed by atoms with Crippen molar-refractivity contribution < 1.29 is 9.47 Å². The molecule has 166 valence electrons. The predicted molar refractivity (Wildman–Crippen MR) is 128 cm³/mol. The van der Waals surface area contributed by atoms with Crippen LogP contribution in [0, 0.1) is 5.92 Å². The van der Waals surface area contributed by atoms with Crippen LogP contribution in [0.3, 0.4) is 0 Å². The highest BCUT2D eigenvalue weighted by atomic mass is 32.1. The van der Waals surface area contributed by atoms with Gasteiger partial charge in [0.15, 0.2) is 17.3 Å². The minimum Gasteiger partial charge on any atom is -0.493 e. The Hall–Kier alpha value is -3.19. The van der Waals surface area contributed by atoms with Crippen molar-refractivity contribution in [3.63, 3.8) is 0 Å². The van der Waals surface area contributed by atoms with Gasteiger partial charge in [0, 0.05) is 5.92 Å². The second-order valence-corrected chi connectivity index (χ2v) is 9.20. The van der Waals surface area contributed by atoms with Gasteiger partial charge in [0.05, 0.1) is 14.2 Å². The number of benzene rings is 2. The molecule has 0 aliphatic rings. The Labute approximate surface area is 191 Å². The molecule has 6 nitrogen and oxygen atoms in total. The number of methoxy groups -OCH3 is 2. The van der Waals surface area contributed by atoms with Gasteiger partial charge < -0.3 is 9.47 Å². The molecule has 0 fully saturated rings. The number of rotatable bonds is 7. The van der Waals surface area contributed by atoms with Gasteiger partial charge in [0.1, 0.15) is 5.35 Å². The first-order valence-corrected chi connectivity index (χ1v) is 11.4. The summed E-state index contributed by atoms with van der Waals surface area (Å²) in [4.78, 5) is 17.8. The largest absolute Gasteiger partial charge is 0.493 e. The summed E-state index contributed by atoms with van der Waals surface area (Å²) in [6.07, 6.45) is 2.87. The number of thiazole rings is 1. The van der Waals surface area contributed by atoms with Crippen LogP contribution in [0.2, 0.25) is 0 Å². The van der Waals surface area contributed by atoms with Gasteiger partial charge in [0.2, 0.25) is 4.96 Å². The fourth-order valence-electron chi connectivity index (χ4n) is 3.72. The summed E-state index contributed by atoms with van der Waals surface area (Å²) in [7, 11) is 3.18. The molecule has 1 unspecified atom stereocenters. The quantitative estimate of drug-likeness (QED) is 0.426. The van der Waals surface area contributed by atoms with Crippen molar-refractivity contribution in [2.45, 2.75) is 33.1 Å². The number of aromatic nitrogens is 3. The summed E-state index contributed by atoms with van der Waals surface area (Å²) in [5.74, 6) is 2.60. The average Bonchev–Trinajstić information content (AvgIpc) is 3.31. The lowest BCUT2D eigenvalue weighted by atomic mass is 9.96. The molecular weight excluding hydrogens is 422 g/mol. The zero-order valence-electron chi connectivity index (χ0n) is 19.0. The molecule has 2 aromatic heterocycles. The van der Waals surface area contributed by atoms with Gasteiger partial charge in [0.25, 0.3) is 4.74 Å². The normalized spacial score (nSPS) is 13.1. The van der Waals surface area contributed by atoms with Crippen LogP contribution in [-0.2, 0) is 6.42 Å². The van der Waals surface area contributed by atoms with E-state index >= 15 is 0 Å². The van der Waals surface area contributed by atoms with Crippen LogP contribution < -0.4 is 19.6 Å². The van der Waals surface area contributed by atoms with Crippen molar-refractivity contribution in [1.82, 2.24) is 14.6 Å². The second-order valence-electron chi connectivity index (χ2n) is 8.26. The monoisotopic (exact) mass is 449 g/mol. The van der Waals surface area contributed by atoms with Gasteiger partial charge >= 0.3 is 0 Å². The van der Waals surface area contributed by atoms with Crippen LogP contribution >= 0.6 is 11.3 Å². The molecule has 0 N–H and O–H groups in total.